The Morgan fingerprint density at radius 2 is 2.30 bits per heavy atom. The number of aromatic nitrogens is 3. The molecule has 2 aliphatic rings. The van der Waals surface area contributed by atoms with Crippen molar-refractivity contribution in [1.82, 2.24) is 20.5 Å². The van der Waals surface area contributed by atoms with Crippen LogP contribution < -0.4 is 10.2 Å². The van der Waals surface area contributed by atoms with E-state index in [1.807, 2.05) is 0 Å². The second kappa shape index (κ2) is 4.79. The SMILES string of the molecule is Clc1ccc(-c2nc(N3CCCC4CNCC43)n[nH]2)o1. The largest absolute Gasteiger partial charge is 0.441 e. The molecule has 0 radical (unpaired) electrons. The van der Waals surface area contributed by atoms with E-state index in [1.54, 1.807) is 12.1 Å². The Morgan fingerprint density at radius 1 is 1.35 bits per heavy atom. The van der Waals surface area contributed by atoms with Crippen LogP contribution in [-0.2, 0) is 0 Å². The Bertz CT molecular complexity index is 609. The number of halogens is 1. The van der Waals surface area contributed by atoms with Crippen LogP contribution in [0, 0.1) is 5.92 Å². The molecule has 20 heavy (non-hydrogen) atoms. The maximum Gasteiger partial charge on any atom is 0.245 e. The molecule has 6 nitrogen and oxygen atoms in total. The molecular formula is C13H16ClN5O. The number of piperidine rings is 1. The molecule has 0 saturated carbocycles. The van der Waals surface area contributed by atoms with Crippen LogP contribution in [0.5, 0.6) is 0 Å². The first-order valence-electron chi connectivity index (χ1n) is 6.97. The van der Waals surface area contributed by atoms with Gasteiger partial charge in [-0.05, 0) is 42.5 Å². The quantitative estimate of drug-likeness (QED) is 0.885. The molecule has 0 bridgehead atoms. The van der Waals surface area contributed by atoms with Gasteiger partial charge in [0, 0.05) is 25.7 Å². The Hall–Kier alpha value is -1.53. The molecule has 2 aliphatic heterocycles. The maximum absolute atomic E-state index is 5.79. The molecule has 2 N–H and O–H groups in total. The number of nitrogens with one attached hydrogen (secondary N) is 2. The zero-order chi connectivity index (χ0) is 13.5. The molecule has 0 aliphatic carbocycles. The highest BCUT2D eigenvalue weighted by Gasteiger charge is 2.36. The van der Waals surface area contributed by atoms with Crippen LogP contribution in [0.3, 0.4) is 0 Å². The zero-order valence-corrected chi connectivity index (χ0v) is 11.7. The van der Waals surface area contributed by atoms with Gasteiger partial charge in [-0.15, -0.1) is 5.10 Å². The lowest BCUT2D eigenvalue weighted by Crippen LogP contribution is -2.45. The van der Waals surface area contributed by atoms with Crippen molar-refractivity contribution in [1.29, 1.82) is 0 Å². The number of aromatic amines is 1. The van der Waals surface area contributed by atoms with Gasteiger partial charge in [-0.1, -0.05) is 0 Å². The zero-order valence-electron chi connectivity index (χ0n) is 11.0. The Kier molecular flexibility index (Phi) is 2.93. The smallest absolute Gasteiger partial charge is 0.245 e. The third-order valence-electron chi connectivity index (χ3n) is 4.22. The van der Waals surface area contributed by atoms with Gasteiger partial charge in [0.25, 0.3) is 0 Å². The number of hydrogen-bond acceptors (Lipinski definition) is 5. The van der Waals surface area contributed by atoms with E-state index >= 15 is 0 Å². The molecule has 2 aromatic rings. The summed E-state index contributed by atoms with van der Waals surface area (Å²) in [6.07, 6.45) is 2.48. The summed E-state index contributed by atoms with van der Waals surface area (Å²) in [6.45, 7) is 3.13. The lowest BCUT2D eigenvalue weighted by molar-refractivity contribution is 0.381. The summed E-state index contributed by atoms with van der Waals surface area (Å²) in [5, 5.41) is 11.1. The van der Waals surface area contributed by atoms with Crippen molar-refractivity contribution in [3.05, 3.63) is 17.4 Å². The number of fused-ring (bicyclic) bond motifs is 1. The fourth-order valence-electron chi connectivity index (χ4n) is 3.25. The first-order chi connectivity index (χ1) is 9.81. The highest BCUT2D eigenvalue weighted by Crippen LogP contribution is 2.30. The Balaban J connectivity index is 1.61. The van der Waals surface area contributed by atoms with Gasteiger partial charge >= 0.3 is 0 Å². The molecule has 2 atom stereocenters. The van der Waals surface area contributed by atoms with Crippen LogP contribution in [0.1, 0.15) is 12.8 Å². The predicted molar refractivity (Wildman–Crippen MR) is 75.8 cm³/mol. The van der Waals surface area contributed by atoms with Crippen LogP contribution in [0.25, 0.3) is 11.6 Å². The van der Waals surface area contributed by atoms with E-state index in [9.17, 15) is 0 Å². The standard InChI is InChI=1S/C13H16ClN5O/c14-11-4-3-10(20-11)12-16-13(18-17-12)19-5-1-2-8-6-15-7-9(8)19/h3-4,8-9,15H,1-2,5-7H2,(H,16,17,18). The van der Waals surface area contributed by atoms with Gasteiger partial charge in [-0.25, -0.2) is 0 Å². The van der Waals surface area contributed by atoms with E-state index in [4.69, 9.17) is 16.0 Å². The minimum Gasteiger partial charge on any atom is -0.441 e. The topological polar surface area (TPSA) is 70.0 Å². The third kappa shape index (κ3) is 1.99. The summed E-state index contributed by atoms with van der Waals surface area (Å²) in [6, 6.07) is 4.01. The summed E-state index contributed by atoms with van der Waals surface area (Å²) < 4.78 is 5.36. The molecule has 4 rings (SSSR count). The molecule has 4 heterocycles. The maximum atomic E-state index is 5.79. The van der Waals surface area contributed by atoms with Gasteiger partial charge in [-0.2, -0.15) is 4.98 Å². The third-order valence-corrected chi connectivity index (χ3v) is 4.42. The number of nitrogens with zero attached hydrogens (tertiary/aromatic N) is 3. The second-order valence-electron chi connectivity index (χ2n) is 5.41. The molecular weight excluding hydrogens is 278 g/mol. The molecule has 106 valence electrons. The van der Waals surface area contributed by atoms with Gasteiger partial charge < -0.3 is 14.6 Å². The normalized spacial score (nSPS) is 25.9. The van der Waals surface area contributed by atoms with Crippen molar-refractivity contribution >= 4 is 17.5 Å². The lowest BCUT2D eigenvalue weighted by atomic mass is 9.92. The van der Waals surface area contributed by atoms with Crippen LogP contribution in [0.15, 0.2) is 16.5 Å². The van der Waals surface area contributed by atoms with Crippen molar-refractivity contribution in [3.63, 3.8) is 0 Å². The van der Waals surface area contributed by atoms with E-state index in [2.05, 4.69) is 25.4 Å². The summed E-state index contributed by atoms with van der Waals surface area (Å²) in [5.41, 5.74) is 0. The van der Waals surface area contributed by atoms with Gasteiger partial charge in [0.1, 0.15) is 0 Å². The number of H-pyrrole nitrogens is 1. The van der Waals surface area contributed by atoms with Crippen LogP contribution in [0.4, 0.5) is 5.95 Å². The lowest BCUT2D eigenvalue weighted by Gasteiger charge is -2.36. The van der Waals surface area contributed by atoms with E-state index < -0.39 is 0 Å². The average molecular weight is 294 g/mol. The van der Waals surface area contributed by atoms with E-state index in [-0.39, 0.29) is 0 Å². The highest BCUT2D eigenvalue weighted by atomic mass is 35.5. The monoisotopic (exact) mass is 293 g/mol. The van der Waals surface area contributed by atoms with Crippen molar-refractivity contribution < 1.29 is 4.42 Å². The second-order valence-corrected chi connectivity index (χ2v) is 5.78. The highest BCUT2D eigenvalue weighted by molar-refractivity contribution is 6.28. The predicted octanol–water partition coefficient (Wildman–Crippen LogP) is 1.91. The molecule has 0 aromatic carbocycles. The molecule has 0 amide bonds. The summed E-state index contributed by atoms with van der Waals surface area (Å²) >= 11 is 5.79. The van der Waals surface area contributed by atoms with Gasteiger partial charge in [0.15, 0.2) is 16.8 Å². The van der Waals surface area contributed by atoms with Crippen molar-refractivity contribution in [3.8, 4) is 11.6 Å². The molecule has 7 heteroatoms. The van der Waals surface area contributed by atoms with E-state index in [1.165, 1.54) is 12.8 Å². The van der Waals surface area contributed by atoms with Gasteiger partial charge in [0.2, 0.25) is 5.95 Å². The minimum atomic E-state index is 0.357. The molecule has 0 spiro atoms. The molecule has 2 saturated heterocycles. The Morgan fingerprint density at radius 3 is 3.15 bits per heavy atom. The van der Waals surface area contributed by atoms with Gasteiger partial charge in [0.05, 0.1) is 0 Å². The van der Waals surface area contributed by atoms with E-state index in [0.29, 0.717) is 28.8 Å². The van der Waals surface area contributed by atoms with E-state index in [0.717, 1.165) is 25.6 Å². The summed E-state index contributed by atoms with van der Waals surface area (Å²) in [4.78, 5) is 6.86. The van der Waals surface area contributed by atoms with Gasteiger partial charge in [-0.3, -0.25) is 5.10 Å². The number of anilines is 1. The van der Waals surface area contributed by atoms with Crippen LogP contribution >= 0.6 is 11.6 Å². The summed E-state index contributed by atoms with van der Waals surface area (Å²) in [5.74, 6) is 2.71. The number of furan rings is 1. The minimum absolute atomic E-state index is 0.357. The molecule has 2 fully saturated rings. The van der Waals surface area contributed by atoms with Crippen molar-refractivity contribution in [2.75, 3.05) is 24.5 Å². The Labute approximate surface area is 121 Å². The average Bonchev–Trinajstić information content (AvgIpc) is 3.17. The first-order valence-corrected chi connectivity index (χ1v) is 7.34. The van der Waals surface area contributed by atoms with Crippen LogP contribution in [0.2, 0.25) is 5.22 Å². The molecule has 2 aromatic heterocycles. The van der Waals surface area contributed by atoms with Crippen LogP contribution in [-0.4, -0.2) is 40.9 Å². The number of rotatable bonds is 2. The fraction of sp³-hybridized carbons (Fsp3) is 0.538. The van der Waals surface area contributed by atoms with Crippen molar-refractivity contribution in [2.24, 2.45) is 5.92 Å². The molecule has 2 unspecified atom stereocenters. The summed E-state index contributed by atoms with van der Waals surface area (Å²) in [7, 11) is 0. The fourth-order valence-corrected chi connectivity index (χ4v) is 3.40. The number of hydrogen-bond donors (Lipinski definition) is 2. The first kappa shape index (κ1) is 12.2. The van der Waals surface area contributed by atoms with Crippen molar-refractivity contribution in [2.45, 2.75) is 18.9 Å².